The van der Waals surface area contributed by atoms with Crippen molar-refractivity contribution >= 4 is 5.69 Å². The predicted molar refractivity (Wildman–Crippen MR) is 78.4 cm³/mol. The molecule has 0 atom stereocenters. The number of nitriles is 1. The molecular weight excluding hydrogens is 302 g/mol. The molecule has 0 aliphatic heterocycles. The summed E-state index contributed by atoms with van der Waals surface area (Å²) in [5.41, 5.74) is -0.295. The molecule has 0 saturated carbocycles. The SMILES string of the molecule is N#Cc1cc(F)c(N(Cc2ccco2)Cc2ccco2)c(F)c1. The molecule has 2 heterocycles. The lowest BCUT2D eigenvalue weighted by Crippen LogP contribution is -2.24. The van der Waals surface area contributed by atoms with Gasteiger partial charge >= 0.3 is 0 Å². The summed E-state index contributed by atoms with van der Waals surface area (Å²) in [7, 11) is 0. The van der Waals surface area contributed by atoms with Gasteiger partial charge < -0.3 is 13.7 Å². The summed E-state index contributed by atoms with van der Waals surface area (Å²) < 4.78 is 39.1. The Bertz CT molecular complexity index is 762. The molecule has 0 aliphatic carbocycles. The van der Waals surface area contributed by atoms with E-state index in [9.17, 15) is 8.78 Å². The first kappa shape index (κ1) is 14.9. The summed E-state index contributed by atoms with van der Waals surface area (Å²) in [5.74, 6) is -0.501. The lowest BCUT2D eigenvalue weighted by molar-refractivity contribution is 0.468. The normalized spacial score (nSPS) is 10.5. The van der Waals surface area contributed by atoms with Crippen LogP contribution in [-0.2, 0) is 13.1 Å². The van der Waals surface area contributed by atoms with Gasteiger partial charge in [-0.2, -0.15) is 5.26 Å². The fraction of sp³-hybridized carbons (Fsp3) is 0.118. The molecule has 0 bridgehead atoms. The third kappa shape index (κ3) is 3.24. The van der Waals surface area contributed by atoms with Crippen LogP contribution in [0.4, 0.5) is 14.5 Å². The number of halogens is 2. The Hall–Kier alpha value is -3.07. The Labute approximate surface area is 131 Å². The Balaban J connectivity index is 1.99. The number of nitrogens with zero attached hydrogens (tertiary/aromatic N) is 2. The minimum absolute atomic E-state index is 0.0697. The quantitative estimate of drug-likeness (QED) is 0.707. The molecule has 0 N–H and O–H groups in total. The van der Waals surface area contributed by atoms with Crippen molar-refractivity contribution in [2.75, 3.05) is 4.90 Å². The van der Waals surface area contributed by atoms with Gasteiger partial charge in [0, 0.05) is 0 Å². The summed E-state index contributed by atoms with van der Waals surface area (Å²) >= 11 is 0. The number of furan rings is 2. The Kier molecular flexibility index (Phi) is 4.11. The molecule has 116 valence electrons. The highest BCUT2D eigenvalue weighted by atomic mass is 19.1. The van der Waals surface area contributed by atoms with Gasteiger partial charge in [0.2, 0.25) is 0 Å². The van der Waals surface area contributed by atoms with E-state index in [2.05, 4.69) is 0 Å². The smallest absolute Gasteiger partial charge is 0.150 e. The zero-order valence-corrected chi connectivity index (χ0v) is 12.0. The van der Waals surface area contributed by atoms with Crippen LogP contribution in [0.25, 0.3) is 0 Å². The van der Waals surface area contributed by atoms with Gasteiger partial charge in [-0.25, -0.2) is 8.78 Å². The molecule has 0 spiro atoms. The lowest BCUT2D eigenvalue weighted by Gasteiger charge is -2.24. The van der Waals surface area contributed by atoms with Crippen LogP contribution in [0.3, 0.4) is 0 Å². The second-order valence-electron chi connectivity index (χ2n) is 4.92. The number of hydrogen-bond donors (Lipinski definition) is 0. The maximum Gasteiger partial charge on any atom is 0.150 e. The fourth-order valence-corrected chi connectivity index (χ4v) is 2.33. The third-order valence-electron chi connectivity index (χ3n) is 3.32. The Morgan fingerprint density at radius 2 is 1.48 bits per heavy atom. The number of benzene rings is 1. The molecule has 6 heteroatoms. The average molecular weight is 314 g/mol. The van der Waals surface area contributed by atoms with Crippen LogP contribution < -0.4 is 4.90 Å². The van der Waals surface area contributed by atoms with E-state index in [0.717, 1.165) is 12.1 Å². The molecule has 3 aromatic rings. The van der Waals surface area contributed by atoms with Crippen molar-refractivity contribution < 1.29 is 17.6 Å². The highest BCUT2D eigenvalue weighted by molar-refractivity contribution is 5.53. The van der Waals surface area contributed by atoms with Crippen LogP contribution in [0.1, 0.15) is 17.1 Å². The summed E-state index contributed by atoms with van der Waals surface area (Å²) in [6, 6.07) is 10.6. The minimum Gasteiger partial charge on any atom is -0.467 e. The standard InChI is InChI=1S/C17H12F2N2O2/c18-15-7-12(9-20)8-16(19)17(15)21(10-13-3-1-5-22-13)11-14-4-2-6-23-14/h1-8H,10-11H2. The lowest BCUT2D eigenvalue weighted by atomic mass is 10.1. The topological polar surface area (TPSA) is 53.3 Å². The number of anilines is 1. The van der Waals surface area contributed by atoms with E-state index < -0.39 is 11.6 Å². The van der Waals surface area contributed by atoms with E-state index in [1.165, 1.54) is 17.4 Å². The van der Waals surface area contributed by atoms with Crippen molar-refractivity contribution in [1.82, 2.24) is 0 Å². The molecule has 0 amide bonds. The summed E-state index contributed by atoms with van der Waals surface area (Å²) in [4.78, 5) is 1.46. The number of rotatable bonds is 5. The van der Waals surface area contributed by atoms with Crippen LogP contribution in [0, 0.1) is 23.0 Å². The van der Waals surface area contributed by atoms with Crippen LogP contribution in [-0.4, -0.2) is 0 Å². The van der Waals surface area contributed by atoms with Crippen molar-refractivity contribution in [1.29, 1.82) is 5.26 Å². The van der Waals surface area contributed by atoms with Gasteiger partial charge in [0.1, 0.15) is 17.2 Å². The molecule has 0 fully saturated rings. The van der Waals surface area contributed by atoms with Gasteiger partial charge in [0.15, 0.2) is 11.6 Å². The van der Waals surface area contributed by atoms with E-state index in [1.807, 2.05) is 0 Å². The maximum atomic E-state index is 14.3. The van der Waals surface area contributed by atoms with E-state index in [1.54, 1.807) is 30.3 Å². The second kappa shape index (κ2) is 6.36. The molecule has 4 nitrogen and oxygen atoms in total. The predicted octanol–water partition coefficient (Wildman–Crippen LogP) is 4.23. The van der Waals surface area contributed by atoms with Crippen LogP contribution >= 0.6 is 0 Å². The first-order valence-electron chi connectivity index (χ1n) is 6.86. The molecular formula is C17H12F2N2O2. The van der Waals surface area contributed by atoms with Crippen molar-refractivity contribution in [2.45, 2.75) is 13.1 Å². The molecule has 2 aromatic heterocycles. The average Bonchev–Trinajstić information content (AvgIpc) is 3.20. The molecule has 3 rings (SSSR count). The van der Waals surface area contributed by atoms with Crippen molar-refractivity contribution in [3.63, 3.8) is 0 Å². The highest BCUT2D eigenvalue weighted by Crippen LogP contribution is 2.28. The van der Waals surface area contributed by atoms with Gasteiger partial charge in [0.05, 0.1) is 37.2 Å². The van der Waals surface area contributed by atoms with E-state index in [4.69, 9.17) is 14.1 Å². The van der Waals surface area contributed by atoms with Gasteiger partial charge in [-0.3, -0.25) is 0 Å². The second-order valence-corrected chi connectivity index (χ2v) is 4.92. The Morgan fingerprint density at radius 1 is 0.957 bits per heavy atom. The van der Waals surface area contributed by atoms with E-state index in [-0.39, 0.29) is 24.3 Å². The van der Waals surface area contributed by atoms with Crippen LogP contribution in [0.15, 0.2) is 57.8 Å². The summed E-state index contributed by atoms with van der Waals surface area (Å²) in [6.07, 6.45) is 2.98. The minimum atomic E-state index is -0.806. The number of hydrogen-bond acceptors (Lipinski definition) is 4. The third-order valence-corrected chi connectivity index (χ3v) is 3.32. The molecule has 0 saturated heterocycles. The van der Waals surface area contributed by atoms with Gasteiger partial charge in [0.25, 0.3) is 0 Å². The van der Waals surface area contributed by atoms with Crippen molar-refractivity contribution in [3.05, 3.63) is 77.6 Å². The largest absolute Gasteiger partial charge is 0.467 e. The van der Waals surface area contributed by atoms with E-state index >= 15 is 0 Å². The van der Waals surface area contributed by atoms with Gasteiger partial charge in [-0.1, -0.05) is 0 Å². The van der Waals surface area contributed by atoms with E-state index in [0.29, 0.717) is 11.5 Å². The molecule has 1 aromatic carbocycles. The molecule has 0 radical (unpaired) electrons. The zero-order valence-electron chi connectivity index (χ0n) is 12.0. The van der Waals surface area contributed by atoms with Crippen LogP contribution in [0.2, 0.25) is 0 Å². The van der Waals surface area contributed by atoms with Gasteiger partial charge in [-0.15, -0.1) is 0 Å². The summed E-state index contributed by atoms with van der Waals surface area (Å²) in [5, 5.41) is 8.80. The van der Waals surface area contributed by atoms with Crippen molar-refractivity contribution in [3.8, 4) is 6.07 Å². The fourth-order valence-electron chi connectivity index (χ4n) is 2.33. The first-order chi connectivity index (χ1) is 11.2. The van der Waals surface area contributed by atoms with Crippen molar-refractivity contribution in [2.24, 2.45) is 0 Å². The van der Waals surface area contributed by atoms with Gasteiger partial charge in [-0.05, 0) is 36.4 Å². The zero-order chi connectivity index (χ0) is 16.2. The molecule has 23 heavy (non-hydrogen) atoms. The molecule has 0 unspecified atom stereocenters. The monoisotopic (exact) mass is 314 g/mol. The highest BCUT2D eigenvalue weighted by Gasteiger charge is 2.20. The summed E-state index contributed by atoms with van der Waals surface area (Å²) in [6.45, 7) is 0.320. The Morgan fingerprint density at radius 3 is 1.87 bits per heavy atom. The first-order valence-corrected chi connectivity index (χ1v) is 6.86. The maximum absolute atomic E-state index is 14.3. The molecule has 0 aliphatic rings. The van der Waals surface area contributed by atoms with Crippen LogP contribution in [0.5, 0.6) is 0 Å².